The molecule has 0 radical (unpaired) electrons. The first-order valence-corrected chi connectivity index (χ1v) is 4.93. The van der Waals surface area contributed by atoms with E-state index >= 15 is 0 Å². The van der Waals surface area contributed by atoms with E-state index in [-0.39, 0.29) is 11.9 Å². The zero-order valence-corrected chi connectivity index (χ0v) is 8.33. The van der Waals surface area contributed by atoms with E-state index in [0.717, 1.165) is 30.8 Å². The van der Waals surface area contributed by atoms with Crippen molar-refractivity contribution in [1.82, 2.24) is 0 Å². The molecule has 0 spiro atoms. The zero-order chi connectivity index (χ0) is 10.1. The van der Waals surface area contributed by atoms with Gasteiger partial charge in [-0.25, -0.2) is 4.39 Å². The molecule has 0 aromatic heterocycles. The van der Waals surface area contributed by atoms with Crippen LogP contribution in [0.25, 0.3) is 0 Å². The molecular weight excluding hydrogens is 179 g/mol. The van der Waals surface area contributed by atoms with E-state index in [2.05, 4.69) is 4.90 Å². The second-order valence-electron chi connectivity index (χ2n) is 3.93. The van der Waals surface area contributed by atoms with E-state index in [0.29, 0.717) is 0 Å². The minimum atomic E-state index is -0.175. The van der Waals surface area contributed by atoms with Gasteiger partial charge in [-0.05, 0) is 31.0 Å². The van der Waals surface area contributed by atoms with Gasteiger partial charge in [-0.2, -0.15) is 0 Å². The van der Waals surface area contributed by atoms with E-state index in [4.69, 9.17) is 5.73 Å². The van der Waals surface area contributed by atoms with Crippen LogP contribution in [0, 0.1) is 12.7 Å². The molecule has 0 bridgehead atoms. The van der Waals surface area contributed by atoms with E-state index in [1.165, 1.54) is 6.07 Å². The first kappa shape index (κ1) is 9.46. The summed E-state index contributed by atoms with van der Waals surface area (Å²) < 4.78 is 13.0. The van der Waals surface area contributed by atoms with E-state index < -0.39 is 0 Å². The van der Waals surface area contributed by atoms with Crippen molar-refractivity contribution in [3.63, 3.8) is 0 Å². The number of anilines is 1. The Morgan fingerprint density at radius 2 is 2.29 bits per heavy atom. The Balaban J connectivity index is 2.27. The second kappa shape index (κ2) is 3.58. The monoisotopic (exact) mass is 194 g/mol. The van der Waals surface area contributed by atoms with E-state index in [9.17, 15) is 4.39 Å². The summed E-state index contributed by atoms with van der Waals surface area (Å²) in [6.07, 6.45) is 0.996. The molecule has 0 amide bonds. The molecule has 1 aromatic carbocycles. The Hall–Kier alpha value is -1.09. The van der Waals surface area contributed by atoms with Crippen LogP contribution in [0.15, 0.2) is 18.2 Å². The number of nitrogens with two attached hydrogens (primary N) is 1. The second-order valence-corrected chi connectivity index (χ2v) is 3.93. The smallest absolute Gasteiger partial charge is 0.125 e. The maximum Gasteiger partial charge on any atom is 0.125 e. The Labute approximate surface area is 83.5 Å². The van der Waals surface area contributed by atoms with Gasteiger partial charge in [0.15, 0.2) is 0 Å². The lowest BCUT2D eigenvalue weighted by atomic mass is 10.2. The average molecular weight is 194 g/mol. The Morgan fingerprint density at radius 1 is 1.50 bits per heavy atom. The summed E-state index contributed by atoms with van der Waals surface area (Å²) in [5.74, 6) is -0.175. The van der Waals surface area contributed by atoms with Gasteiger partial charge in [0.2, 0.25) is 0 Å². The van der Waals surface area contributed by atoms with Crippen LogP contribution in [0.4, 0.5) is 10.1 Å². The van der Waals surface area contributed by atoms with Crippen LogP contribution in [0.3, 0.4) is 0 Å². The summed E-state index contributed by atoms with van der Waals surface area (Å²) in [6, 6.07) is 5.13. The van der Waals surface area contributed by atoms with E-state index in [1.54, 1.807) is 6.07 Å². The molecule has 1 aromatic rings. The van der Waals surface area contributed by atoms with Gasteiger partial charge in [-0.15, -0.1) is 0 Å². The maximum absolute atomic E-state index is 13.0. The minimum absolute atomic E-state index is 0.175. The highest BCUT2D eigenvalue weighted by atomic mass is 19.1. The summed E-state index contributed by atoms with van der Waals surface area (Å²) in [4.78, 5) is 2.16. The number of nitrogens with zero attached hydrogens (tertiary/aromatic N) is 1. The van der Waals surface area contributed by atoms with Crippen LogP contribution in [0.5, 0.6) is 0 Å². The highest BCUT2D eigenvalue weighted by Gasteiger charge is 2.20. The fourth-order valence-corrected chi connectivity index (χ4v) is 1.93. The third-order valence-electron chi connectivity index (χ3n) is 2.74. The molecule has 76 valence electrons. The average Bonchev–Trinajstić information content (AvgIpc) is 2.56. The third-order valence-corrected chi connectivity index (χ3v) is 2.74. The number of hydrogen-bond acceptors (Lipinski definition) is 2. The van der Waals surface area contributed by atoms with Crippen LogP contribution in [-0.4, -0.2) is 19.1 Å². The van der Waals surface area contributed by atoms with Crippen molar-refractivity contribution in [1.29, 1.82) is 0 Å². The molecular formula is C11H15FN2. The van der Waals surface area contributed by atoms with Crippen molar-refractivity contribution in [3.05, 3.63) is 29.6 Å². The fraction of sp³-hybridized carbons (Fsp3) is 0.455. The summed E-state index contributed by atoms with van der Waals surface area (Å²) >= 11 is 0. The number of halogens is 1. The molecule has 1 atom stereocenters. The van der Waals surface area contributed by atoms with Crippen molar-refractivity contribution in [2.24, 2.45) is 5.73 Å². The quantitative estimate of drug-likeness (QED) is 0.737. The first-order valence-electron chi connectivity index (χ1n) is 4.93. The molecule has 2 N–H and O–H groups in total. The Kier molecular flexibility index (Phi) is 2.42. The van der Waals surface area contributed by atoms with Gasteiger partial charge in [0.05, 0.1) is 0 Å². The molecule has 1 aliphatic heterocycles. The fourth-order valence-electron chi connectivity index (χ4n) is 1.93. The van der Waals surface area contributed by atoms with Crippen molar-refractivity contribution in [3.8, 4) is 0 Å². The third kappa shape index (κ3) is 1.73. The van der Waals surface area contributed by atoms with Crippen LogP contribution >= 0.6 is 0 Å². The predicted octanol–water partition coefficient (Wildman–Crippen LogP) is 1.67. The SMILES string of the molecule is Cc1ccc(F)cc1N1CCC(N)C1. The van der Waals surface area contributed by atoms with Crippen molar-refractivity contribution in [2.45, 2.75) is 19.4 Å². The van der Waals surface area contributed by atoms with Gasteiger partial charge in [0.25, 0.3) is 0 Å². The first-order chi connectivity index (χ1) is 6.66. The van der Waals surface area contributed by atoms with Crippen LogP contribution in [0.2, 0.25) is 0 Å². The molecule has 0 saturated carbocycles. The maximum atomic E-state index is 13.0. The van der Waals surface area contributed by atoms with Gasteiger partial charge >= 0.3 is 0 Å². The summed E-state index contributed by atoms with van der Waals surface area (Å²) in [7, 11) is 0. The predicted molar refractivity (Wildman–Crippen MR) is 55.9 cm³/mol. The summed E-state index contributed by atoms with van der Waals surface area (Å²) in [6.45, 7) is 3.77. The van der Waals surface area contributed by atoms with Crippen LogP contribution in [0.1, 0.15) is 12.0 Å². The lowest BCUT2D eigenvalue weighted by Crippen LogP contribution is -2.26. The number of benzene rings is 1. The minimum Gasteiger partial charge on any atom is -0.370 e. The topological polar surface area (TPSA) is 29.3 Å². The standard InChI is InChI=1S/C11H15FN2/c1-8-2-3-9(12)6-11(8)14-5-4-10(13)7-14/h2-3,6,10H,4-5,7,13H2,1H3. The van der Waals surface area contributed by atoms with Gasteiger partial charge in [0.1, 0.15) is 5.82 Å². The Bertz CT molecular complexity index is 338. The number of hydrogen-bond donors (Lipinski definition) is 1. The van der Waals surface area contributed by atoms with Crippen LogP contribution in [-0.2, 0) is 0 Å². The molecule has 3 heteroatoms. The molecule has 1 heterocycles. The highest BCUT2D eigenvalue weighted by Crippen LogP contribution is 2.24. The van der Waals surface area contributed by atoms with Crippen molar-refractivity contribution in [2.75, 3.05) is 18.0 Å². The highest BCUT2D eigenvalue weighted by molar-refractivity contribution is 5.54. The van der Waals surface area contributed by atoms with Gasteiger partial charge in [-0.3, -0.25) is 0 Å². The Morgan fingerprint density at radius 3 is 2.93 bits per heavy atom. The van der Waals surface area contributed by atoms with E-state index in [1.807, 2.05) is 13.0 Å². The largest absolute Gasteiger partial charge is 0.370 e. The molecule has 14 heavy (non-hydrogen) atoms. The molecule has 2 nitrogen and oxygen atoms in total. The normalized spacial score (nSPS) is 21.6. The summed E-state index contributed by atoms with van der Waals surface area (Å²) in [5, 5.41) is 0. The van der Waals surface area contributed by atoms with Gasteiger partial charge in [0, 0.05) is 24.8 Å². The number of rotatable bonds is 1. The van der Waals surface area contributed by atoms with Gasteiger partial charge < -0.3 is 10.6 Å². The zero-order valence-electron chi connectivity index (χ0n) is 8.33. The van der Waals surface area contributed by atoms with Crippen molar-refractivity contribution >= 4 is 5.69 Å². The van der Waals surface area contributed by atoms with Crippen molar-refractivity contribution < 1.29 is 4.39 Å². The summed E-state index contributed by atoms with van der Waals surface area (Å²) in [5.41, 5.74) is 7.91. The molecule has 1 saturated heterocycles. The lowest BCUT2D eigenvalue weighted by Gasteiger charge is -2.20. The van der Waals surface area contributed by atoms with Gasteiger partial charge in [-0.1, -0.05) is 6.07 Å². The molecule has 1 unspecified atom stereocenters. The molecule has 0 aliphatic carbocycles. The molecule has 1 aliphatic rings. The van der Waals surface area contributed by atoms with Crippen LogP contribution < -0.4 is 10.6 Å². The lowest BCUT2D eigenvalue weighted by molar-refractivity contribution is 0.626. The molecule has 2 rings (SSSR count). The molecule has 1 fully saturated rings. The number of aryl methyl sites for hydroxylation is 1.